The maximum absolute atomic E-state index is 11.0. The molecule has 6 aromatic carbocycles. The number of rotatable bonds is 4. The van der Waals surface area contributed by atoms with Crippen molar-refractivity contribution in [3.63, 3.8) is 0 Å². The van der Waals surface area contributed by atoms with Crippen molar-refractivity contribution in [2.24, 2.45) is 0 Å². The van der Waals surface area contributed by atoms with Crippen molar-refractivity contribution in [2.45, 2.75) is 19.4 Å². The second-order valence-corrected chi connectivity index (χ2v) is 9.75. The number of aliphatic hydroxyl groups is 2. The number of benzene rings is 6. The van der Waals surface area contributed by atoms with Gasteiger partial charge in [0.25, 0.3) is 0 Å². The summed E-state index contributed by atoms with van der Waals surface area (Å²) in [5.41, 5.74) is 4.81. The molecule has 170 valence electrons. The van der Waals surface area contributed by atoms with Gasteiger partial charge < -0.3 is 10.2 Å². The molecule has 0 saturated heterocycles. The Morgan fingerprint density at radius 2 is 1.17 bits per heavy atom. The lowest BCUT2D eigenvalue weighted by Crippen LogP contribution is -2.16. The SMILES string of the molecule is C=C(O)c1ccccc1-c1cc2cccc3cc(-c4ccccc4C(C)(C)O)c4cccc1c4c23. The fourth-order valence-corrected chi connectivity index (χ4v) is 5.52. The first kappa shape index (κ1) is 21.4. The predicted octanol–water partition coefficient (Wildman–Crippen LogP) is 8.67. The number of aliphatic hydroxyl groups excluding tert-OH is 1. The molecular weight excluding hydrogens is 428 g/mol. The van der Waals surface area contributed by atoms with Gasteiger partial charge in [0.05, 0.1) is 5.60 Å². The van der Waals surface area contributed by atoms with Crippen LogP contribution in [0.2, 0.25) is 0 Å². The average Bonchev–Trinajstić information content (AvgIpc) is 2.86. The Morgan fingerprint density at radius 3 is 1.80 bits per heavy atom. The molecule has 0 aliphatic heterocycles. The first-order valence-electron chi connectivity index (χ1n) is 11.8. The van der Waals surface area contributed by atoms with Crippen LogP contribution in [0.4, 0.5) is 0 Å². The quantitative estimate of drug-likeness (QED) is 0.207. The van der Waals surface area contributed by atoms with E-state index in [1.807, 2.05) is 56.3 Å². The molecule has 0 fully saturated rings. The summed E-state index contributed by atoms with van der Waals surface area (Å²) < 4.78 is 0. The van der Waals surface area contributed by atoms with Crippen molar-refractivity contribution in [2.75, 3.05) is 0 Å². The molecule has 0 aliphatic rings. The first-order valence-corrected chi connectivity index (χ1v) is 11.8. The molecule has 0 spiro atoms. The van der Waals surface area contributed by atoms with Gasteiger partial charge in [0.2, 0.25) is 0 Å². The van der Waals surface area contributed by atoms with Crippen LogP contribution in [-0.2, 0) is 5.60 Å². The predicted molar refractivity (Wildman–Crippen MR) is 148 cm³/mol. The van der Waals surface area contributed by atoms with E-state index < -0.39 is 5.60 Å². The maximum Gasteiger partial charge on any atom is 0.116 e. The first-order chi connectivity index (χ1) is 16.8. The third-order valence-electron chi connectivity index (χ3n) is 7.03. The van der Waals surface area contributed by atoms with Crippen molar-refractivity contribution < 1.29 is 10.2 Å². The van der Waals surface area contributed by atoms with E-state index in [0.717, 1.165) is 54.9 Å². The lowest BCUT2D eigenvalue weighted by molar-refractivity contribution is 0.0792. The van der Waals surface area contributed by atoms with Gasteiger partial charge in [0, 0.05) is 5.56 Å². The van der Waals surface area contributed by atoms with Gasteiger partial charge >= 0.3 is 0 Å². The summed E-state index contributed by atoms with van der Waals surface area (Å²) in [6, 6.07) is 33.3. The minimum atomic E-state index is -0.972. The Bertz CT molecular complexity index is 1750. The molecule has 0 heterocycles. The lowest BCUT2D eigenvalue weighted by atomic mass is 9.82. The van der Waals surface area contributed by atoms with Crippen LogP contribution in [0.25, 0.3) is 60.3 Å². The van der Waals surface area contributed by atoms with Crippen LogP contribution in [0.5, 0.6) is 0 Å². The molecule has 0 aromatic heterocycles. The third-order valence-corrected chi connectivity index (χ3v) is 7.03. The van der Waals surface area contributed by atoms with Crippen LogP contribution in [0.1, 0.15) is 25.0 Å². The minimum absolute atomic E-state index is 0.0607. The van der Waals surface area contributed by atoms with E-state index in [1.54, 1.807) is 0 Å². The summed E-state index contributed by atoms with van der Waals surface area (Å²) >= 11 is 0. The normalized spacial score (nSPS) is 12.1. The van der Waals surface area contributed by atoms with E-state index >= 15 is 0 Å². The molecule has 0 atom stereocenters. The molecule has 0 unspecified atom stereocenters. The van der Waals surface area contributed by atoms with Gasteiger partial charge in [-0.1, -0.05) is 91.5 Å². The van der Waals surface area contributed by atoms with Gasteiger partial charge in [-0.15, -0.1) is 0 Å². The van der Waals surface area contributed by atoms with Gasteiger partial charge in [0.1, 0.15) is 5.76 Å². The zero-order valence-corrected chi connectivity index (χ0v) is 19.8. The Hall–Kier alpha value is -4.14. The molecule has 0 amide bonds. The van der Waals surface area contributed by atoms with E-state index in [4.69, 9.17) is 0 Å². The van der Waals surface area contributed by atoms with Gasteiger partial charge in [0.15, 0.2) is 0 Å². The molecule has 2 heteroatoms. The smallest absolute Gasteiger partial charge is 0.116 e. The highest BCUT2D eigenvalue weighted by Crippen LogP contribution is 2.46. The van der Waals surface area contributed by atoms with Crippen LogP contribution < -0.4 is 0 Å². The molecule has 6 rings (SSSR count). The Balaban J connectivity index is 1.80. The summed E-state index contributed by atoms with van der Waals surface area (Å²) in [7, 11) is 0. The molecule has 0 saturated carbocycles. The monoisotopic (exact) mass is 454 g/mol. The van der Waals surface area contributed by atoms with Crippen molar-refractivity contribution >= 4 is 38.1 Å². The fraction of sp³-hybridized carbons (Fsp3) is 0.0909. The topological polar surface area (TPSA) is 40.5 Å². The van der Waals surface area contributed by atoms with Crippen molar-refractivity contribution in [1.29, 1.82) is 0 Å². The molecule has 0 aliphatic carbocycles. The van der Waals surface area contributed by atoms with Crippen LogP contribution >= 0.6 is 0 Å². The maximum atomic E-state index is 11.0. The number of hydrogen-bond acceptors (Lipinski definition) is 2. The van der Waals surface area contributed by atoms with E-state index in [0.29, 0.717) is 0 Å². The van der Waals surface area contributed by atoms with Crippen LogP contribution in [0.15, 0.2) is 104 Å². The van der Waals surface area contributed by atoms with Gasteiger partial charge in [-0.05, 0) is 86.1 Å². The van der Waals surface area contributed by atoms with E-state index in [9.17, 15) is 10.2 Å². The van der Waals surface area contributed by atoms with Crippen LogP contribution in [0, 0.1) is 0 Å². The van der Waals surface area contributed by atoms with Gasteiger partial charge in [-0.3, -0.25) is 0 Å². The highest BCUT2D eigenvalue weighted by atomic mass is 16.3. The lowest BCUT2D eigenvalue weighted by Gasteiger charge is -2.24. The second kappa shape index (κ2) is 7.69. The van der Waals surface area contributed by atoms with E-state index in [2.05, 4.69) is 61.2 Å². The van der Waals surface area contributed by atoms with Crippen LogP contribution in [-0.4, -0.2) is 10.2 Å². The molecule has 6 aromatic rings. The van der Waals surface area contributed by atoms with Gasteiger partial charge in [-0.25, -0.2) is 0 Å². The molecule has 0 radical (unpaired) electrons. The van der Waals surface area contributed by atoms with Crippen molar-refractivity contribution in [3.05, 3.63) is 115 Å². The molecule has 2 nitrogen and oxygen atoms in total. The Labute approximate surface area is 204 Å². The fourth-order valence-electron chi connectivity index (χ4n) is 5.52. The highest BCUT2D eigenvalue weighted by Gasteiger charge is 2.23. The molecular formula is C33H26O2. The summed E-state index contributed by atoms with van der Waals surface area (Å²) in [5, 5.41) is 28.3. The van der Waals surface area contributed by atoms with Gasteiger partial charge in [-0.2, -0.15) is 0 Å². The van der Waals surface area contributed by atoms with Crippen LogP contribution in [0.3, 0.4) is 0 Å². The summed E-state index contributed by atoms with van der Waals surface area (Å²) in [5.74, 6) is 0.0607. The summed E-state index contributed by atoms with van der Waals surface area (Å²) in [6.07, 6.45) is 0. The summed E-state index contributed by atoms with van der Waals surface area (Å²) in [4.78, 5) is 0. The van der Waals surface area contributed by atoms with Crippen molar-refractivity contribution in [3.8, 4) is 22.3 Å². The Morgan fingerprint density at radius 1 is 0.629 bits per heavy atom. The van der Waals surface area contributed by atoms with Crippen molar-refractivity contribution in [1.82, 2.24) is 0 Å². The molecule has 2 N–H and O–H groups in total. The summed E-state index contributed by atoms with van der Waals surface area (Å²) in [6.45, 7) is 7.47. The standard InChI is InChI=1S/C33H26O2/c1-20(34)23-12-4-5-13-24(23)28-18-21-10-8-11-22-19-29(25-14-6-7-17-30(25)33(2,3)35)27-16-9-15-26(28)32(27)31(21)22/h4-19,34-35H,1H2,2-3H3. The second-order valence-electron chi connectivity index (χ2n) is 9.75. The highest BCUT2D eigenvalue weighted by molar-refractivity contribution is 6.29. The molecule has 35 heavy (non-hydrogen) atoms. The molecule has 0 bridgehead atoms. The number of hydrogen-bond donors (Lipinski definition) is 2. The Kier molecular flexibility index (Phi) is 4.70. The largest absolute Gasteiger partial charge is 0.508 e. The minimum Gasteiger partial charge on any atom is -0.508 e. The van der Waals surface area contributed by atoms with E-state index in [-0.39, 0.29) is 5.76 Å². The third kappa shape index (κ3) is 3.30. The van der Waals surface area contributed by atoms with E-state index in [1.165, 1.54) is 10.8 Å². The average molecular weight is 455 g/mol. The zero-order valence-electron chi connectivity index (χ0n) is 19.8. The zero-order chi connectivity index (χ0) is 24.3.